The lowest BCUT2D eigenvalue weighted by atomic mass is 10.2. The Hall–Kier alpha value is -3.22. The van der Waals surface area contributed by atoms with Crippen LogP contribution in [-0.2, 0) is 6.61 Å². The number of benzene rings is 1. The van der Waals surface area contributed by atoms with E-state index in [4.69, 9.17) is 4.74 Å². The van der Waals surface area contributed by atoms with Gasteiger partial charge in [-0.05, 0) is 5.56 Å². The van der Waals surface area contributed by atoms with Gasteiger partial charge in [0.15, 0.2) is 0 Å². The molecule has 0 aliphatic rings. The molecule has 0 aliphatic carbocycles. The molecule has 0 saturated carbocycles. The van der Waals surface area contributed by atoms with Crippen molar-refractivity contribution >= 4 is 11.7 Å². The Balaban J connectivity index is 1.57. The van der Waals surface area contributed by atoms with Crippen LogP contribution in [0, 0.1) is 0 Å². The van der Waals surface area contributed by atoms with Crippen molar-refractivity contribution in [2.24, 2.45) is 0 Å². The first-order valence-electron chi connectivity index (χ1n) is 6.59. The molecule has 0 bridgehead atoms. The summed E-state index contributed by atoms with van der Waals surface area (Å²) >= 11 is 0. The van der Waals surface area contributed by atoms with Gasteiger partial charge in [0.25, 0.3) is 0 Å². The maximum Gasteiger partial charge on any atom is 0.331 e. The Morgan fingerprint density at radius 1 is 1.18 bits per heavy atom. The van der Waals surface area contributed by atoms with E-state index in [9.17, 15) is 4.79 Å². The molecule has 0 aliphatic heterocycles. The maximum absolute atomic E-state index is 11.8. The van der Waals surface area contributed by atoms with Crippen LogP contribution in [0.3, 0.4) is 0 Å². The van der Waals surface area contributed by atoms with Crippen molar-refractivity contribution in [3.05, 3.63) is 67.0 Å². The number of carbonyl (C=O) groups excluding carboxylic acids is 1. The third-order valence-corrected chi connectivity index (χ3v) is 2.83. The van der Waals surface area contributed by atoms with Crippen LogP contribution >= 0.6 is 0 Å². The highest BCUT2D eigenvalue weighted by Crippen LogP contribution is 2.10. The zero-order chi connectivity index (χ0) is 15.2. The first kappa shape index (κ1) is 13.7. The topological polar surface area (TPSA) is 81.9 Å². The molecule has 1 N–H and O–H groups in total. The number of amides is 1. The fourth-order valence-electron chi connectivity index (χ4n) is 1.74. The van der Waals surface area contributed by atoms with Gasteiger partial charge in [0.1, 0.15) is 12.9 Å². The first-order chi connectivity index (χ1) is 10.8. The summed E-state index contributed by atoms with van der Waals surface area (Å²) in [5.41, 5.74) is 1.51. The highest BCUT2D eigenvalue weighted by molar-refractivity contribution is 5.90. The van der Waals surface area contributed by atoms with Gasteiger partial charge in [-0.1, -0.05) is 30.3 Å². The minimum Gasteiger partial charge on any atom is -0.459 e. The molecule has 7 nitrogen and oxygen atoms in total. The second-order valence-corrected chi connectivity index (χ2v) is 4.43. The Morgan fingerprint density at radius 3 is 2.64 bits per heavy atom. The Bertz CT molecular complexity index is 726. The van der Waals surface area contributed by atoms with Crippen molar-refractivity contribution in [3.63, 3.8) is 0 Å². The van der Waals surface area contributed by atoms with Crippen LogP contribution in [0.5, 0.6) is 6.01 Å². The number of hydrogen-bond acceptors (Lipinski definition) is 5. The van der Waals surface area contributed by atoms with Crippen molar-refractivity contribution in [1.82, 2.24) is 19.5 Å². The third kappa shape index (κ3) is 3.45. The van der Waals surface area contributed by atoms with Gasteiger partial charge in [-0.25, -0.2) is 19.7 Å². The van der Waals surface area contributed by atoms with Crippen molar-refractivity contribution in [2.75, 3.05) is 5.32 Å². The number of nitrogens with one attached hydrogen (secondary N) is 1. The molecule has 22 heavy (non-hydrogen) atoms. The predicted octanol–water partition coefficient (Wildman–Crippen LogP) is 2.33. The molecule has 0 unspecified atom stereocenters. The SMILES string of the molecule is O=C(Nc1cnc(OCc2ccccc2)nc1)n1ccnc1. The van der Waals surface area contributed by atoms with Crippen LogP contribution in [-0.4, -0.2) is 25.6 Å². The van der Waals surface area contributed by atoms with Gasteiger partial charge in [0.05, 0.1) is 18.1 Å². The summed E-state index contributed by atoms with van der Waals surface area (Å²) in [6.07, 6.45) is 7.46. The smallest absolute Gasteiger partial charge is 0.331 e. The van der Waals surface area contributed by atoms with E-state index < -0.39 is 0 Å². The second-order valence-electron chi connectivity index (χ2n) is 4.43. The molecule has 0 fully saturated rings. The lowest BCUT2D eigenvalue weighted by Gasteiger charge is -2.06. The first-order valence-corrected chi connectivity index (χ1v) is 6.59. The number of aromatic nitrogens is 4. The van der Waals surface area contributed by atoms with E-state index in [1.54, 1.807) is 6.20 Å². The fraction of sp³-hybridized carbons (Fsp3) is 0.0667. The van der Waals surface area contributed by atoms with Gasteiger partial charge in [0.2, 0.25) is 0 Å². The van der Waals surface area contributed by atoms with Gasteiger partial charge < -0.3 is 10.1 Å². The molecule has 3 aromatic rings. The standard InChI is InChI=1S/C15H13N5O2/c21-15(20-7-6-16-11-20)19-13-8-17-14(18-9-13)22-10-12-4-2-1-3-5-12/h1-9,11H,10H2,(H,19,21). The van der Waals surface area contributed by atoms with E-state index in [0.717, 1.165) is 5.56 Å². The van der Waals surface area contributed by atoms with Gasteiger partial charge in [0, 0.05) is 12.4 Å². The predicted molar refractivity (Wildman–Crippen MR) is 79.4 cm³/mol. The van der Waals surface area contributed by atoms with Crippen LogP contribution < -0.4 is 10.1 Å². The van der Waals surface area contributed by atoms with Crippen molar-refractivity contribution in [3.8, 4) is 6.01 Å². The molecule has 2 aromatic heterocycles. The van der Waals surface area contributed by atoms with E-state index in [-0.39, 0.29) is 12.0 Å². The molecule has 0 saturated heterocycles. The number of hydrogen-bond donors (Lipinski definition) is 1. The molecule has 3 rings (SSSR count). The lowest BCUT2D eigenvalue weighted by Crippen LogP contribution is -2.18. The van der Waals surface area contributed by atoms with Crippen LogP contribution in [0.2, 0.25) is 0 Å². The van der Waals surface area contributed by atoms with Gasteiger partial charge in [-0.2, -0.15) is 0 Å². The van der Waals surface area contributed by atoms with E-state index in [0.29, 0.717) is 12.3 Å². The Labute approximate surface area is 126 Å². The summed E-state index contributed by atoms with van der Waals surface area (Å²) in [7, 11) is 0. The molecule has 0 spiro atoms. The number of rotatable bonds is 4. The largest absolute Gasteiger partial charge is 0.459 e. The van der Waals surface area contributed by atoms with Crippen LogP contribution in [0.25, 0.3) is 0 Å². The average molecular weight is 295 g/mol. The Morgan fingerprint density at radius 2 is 1.95 bits per heavy atom. The minimum atomic E-state index is -0.334. The summed E-state index contributed by atoms with van der Waals surface area (Å²) in [6, 6.07) is 9.66. The quantitative estimate of drug-likeness (QED) is 0.798. The number of nitrogens with zero attached hydrogens (tertiary/aromatic N) is 4. The molecular formula is C15H13N5O2. The lowest BCUT2D eigenvalue weighted by molar-refractivity contribution is 0.253. The molecule has 110 valence electrons. The monoisotopic (exact) mass is 295 g/mol. The number of ether oxygens (including phenoxy) is 1. The summed E-state index contributed by atoms with van der Waals surface area (Å²) in [5, 5.41) is 2.65. The number of anilines is 1. The summed E-state index contributed by atoms with van der Waals surface area (Å²) in [4.78, 5) is 23.7. The summed E-state index contributed by atoms with van der Waals surface area (Å²) in [5.74, 6) is 0. The average Bonchev–Trinajstić information content (AvgIpc) is 3.10. The van der Waals surface area contributed by atoms with E-state index >= 15 is 0 Å². The molecule has 7 heteroatoms. The van der Waals surface area contributed by atoms with Gasteiger partial charge in [-0.3, -0.25) is 4.57 Å². The third-order valence-electron chi connectivity index (χ3n) is 2.83. The zero-order valence-electron chi connectivity index (χ0n) is 11.6. The molecular weight excluding hydrogens is 282 g/mol. The van der Waals surface area contributed by atoms with E-state index in [1.165, 1.54) is 29.5 Å². The minimum absolute atomic E-state index is 0.254. The summed E-state index contributed by atoms with van der Waals surface area (Å²) < 4.78 is 6.79. The van der Waals surface area contributed by atoms with Crippen LogP contribution in [0.15, 0.2) is 61.4 Å². The highest BCUT2D eigenvalue weighted by atomic mass is 16.5. The second kappa shape index (κ2) is 6.49. The number of imidazole rings is 1. The van der Waals surface area contributed by atoms with Gasteiger partial charge in [-0.15, -0.1) is 0 Å². The zero-order valence-corrected chi connectivity index (χ0v) is 11.6. The normalized spacial score (nSPS) is 10.2. The Kier molecular flexibility index (Phi) is 4.05. The van der Waals surface area contributed by atoms with E-state index in [2.05, 4.69) is 20.3 Å². The highest BCUT2D eigenvalue weighted by Gasteiger charge is 2.05. The molecule has 0 atom stereocenters. The van der Waals surface area contributed by atoms with Crippen molar-refractivity contribution in [1.29, 1.82) is 0 Å². The van der Waals surface area contributed by atoms with Crippen LogP contribution in [0.1, 0.15) is 5.56 Å². The van der Waals surface area contributed by atoms with Crippen molar-refractivity contribution in [2.45, 2.75) is 6.61 Å². The fourth-order valence-corrected chi connectivity index (χ4v) is 1.74. The summed E-state index contributed by atoms with van der Waals surface area (Å²) in [6.45, 7) is 0.390. The molecule has 1 aromatic carbocycles. The van der Waals surface area contributed by atoms with Crippen LogP contribution in [0.4, 0.5) is 10.5 Å². The molecule has 0 radical (unpaired) electrons. The molecule has 1 amide bonds. The van der Waals surface area contributed by atoms with Gasteiger partial charge >= 0.3 is 12.0 Å². The van der Waals surface area contributed by atoms with Crippen molar-refractivity contribution < 1.29 is 9.53 Å². The maximum atomic E-state index is 11.8. The number of carbonyl (C=O) groups is 1. The molecule has 2 heterocycles. The van der Waals surface area contributed by atoms with E-state index in [1.807, 2.05) is 30.3 Å².